The summed E-state index contributed by atoms with van der Waals surface area (Å²) in [6.07, 6.45) is 7.37. The first-order chi connectivity index (χ1) is 5.76. The number of nitrogens with one attached hydrogen (secondary N) is 1. The lowest BCUT2D eigenvalue weighted by Crippen LogP contribution is -3.13. The van der Waals surface area contributed by atoms with Gasteiger partial charge < -0.3 is 22.4 Å². The minimum Gasteiger partial charge on any atom is -1.00 e. The van der Waals surface area contributed by atoms with Gasteiger partial charge in [0.2, 0.25) is 0 Å². The predicted octanol–water partition coefficient (Wildman–Crippen LogP) is -3.70. The first-order valence-electron chi connectivity index (χ1n) is 4.68. The number of aliphatic hydroxyl groups excluding tert-OH is 1. The smallest absolute Gasteiger partial charge is 0.0786 e. The molecular weight excluding hydrogens is 186 g/mol. The van der Waals surface area contributed by atoms with Gasteiger partial charge in [-0.2, -0.15) is 0 Å². The van der Waals surface area contributed by atoms with Crippen LogP contribution < -0.4 is 17.3 Å². The van der Waals surface area contributed by atoms with E-state index in [-0.39, 0.29) is 24.4 Å². The van der Waals surface area contributed by atoms with Crippen molar-refractivity contribution < 1.29 is 22.4 Å². The van der Waals surface area contributed by atoms with Crippen LogP contribution in [0.15, 0.2) is 0 Å². The zero-order valence-corrected chi connectivity index (χ0v) is 8.90. The first-order valence-corrected chi connectivity index (χ1v) is 4.68. The molecule has 1 aliphatic heterocycles. The zero-order valence-electron chi connectivity index (χ0n) is 8.15. The van der Waals surface area contributed by atoms with Crippen molar-refractivity contribution in [3.05, 3.63) is 0 Å². The highest BCUT2D eigenvalue weighted by Gasteiger charge is 2.33. The van der Waals surface area contributed by atoms with Crippen molar-refractivity contribution in [2.45, 2.75) is 19.8 Å². The molecule has 2 nitrogen and oxygen atoms in total. The number of hydrogen-bond donors (Lipinski definition) is 2. The van der Waals surface area contributed by atoms with Crippen LogP contribution in [-0.4, -0.2) is 31.3 Å². The molecule has 0 atom stereocenters. The van der Waals surface area contributed by atoms with E-state index in [2.05, 4.69) is 12.8 Å². The number of hydrogen-bond acceptors (Lipinski definition) is 1. The number of piperidine rings is 1. The maximum atomic E-state index is 9.15. The molecule has 1 rings (SSSR count). The average Bonchev–Trinajstić information content (AvgIpc) is 2.18. The molecule has 13 heavy (non-hydrogen) atoms. The zero-order chi connectivity index (χ0) is 9.03. The Labute approximate surface area is 86.7 Å². The third-order valence-corrected chi connectivity index (χ3v) is 3.02. The van der Waals surface area contributed by atoms with Crippen molar-refractivity contribution in [1.82, 2.24) is 0 Å². The van der Waals surface area contributed by atoms with Crippen molar-refractivity contribution in [3.8, 4) is 12.3 Å². The largest absolute Gasteiger partial charge is 1.00 e. The number of halogens is 1. The molecule has 0 aromatic heterocycles. The summed E-state index contributed by atoms with van der Waals surface area (Å²) in [6, 6.07) is 0. The molecule has 0 unspecified atom stereocenters. The Hall–Kier alpha value is -0.230. The van der Waals surface area contributed by atoms with E-state index in [1.54, 1.807) is 4.90 Å². The lowest BCUT2D eigenvalue weighted by atomic mass is 9.80. The third kappa shape index (κ3) is 2.87. The molecule has 0 bridgehead atoms. The summed E-state index contributed by atoms with van der Waals surface area (Å²) in [4.78, 5) is 1.61. The van der Waals surface area contributed by atoms with E-state index in [9.17, 15) is 0 Å². The molecule has 0 amide bonds. The Bertz CT molecular complexity index is 180. The van der Waals surface area contributed by atoms with Gasteiger partial charge in [-0.05, 0) is 6.92 Å². The second-order valence-corrected chi connectivity index (χ2v) is 3.69. The minimum atomic E-state index is -0.196. The van der Waals surface area contributed by atoms with Crippen molar-refractivity contribution in [2.24, 2.45) is 5.41 Å². The molecule has 0 aliphatic carbocycles. The van der Waals surface area contributed by atoms with E-state index in [4.69, 9.17) is 11.5 Å². The highest BCUT2D eigenvalue weighted by atomic mass is 35.5. The summed E-state index contributed by atoms with van der Waals surface area (Å²) in [7, 11) is 0. The van der Waals surface area contributed by atoms with Crippen LogP contribution in [0.25, 0.3) is 0 Å². The summed E-state index contributed by atoms with van der Waals surface area (Å²) in [5.41, 5.74) is -0.196. The van der Waals surface area contributed by atoms with Gasteiger partial charge in [-0.15, -0.1) is 6.42 Å². The maximum absolute atomic E-state index is 9.15. The molecule has 1 aliphatic rings. The predicted molar refractivity (Wildman–Crippen MR) is 48.8 cm³/mol. The fourth-order valence-corrected chi connectivity index (χ4v) is 1.78. The molecule has 0 spiro atoms. The van der Waals surface area contributed by atoms with Crippen LogP contribution in [0.3, 0.4) is 0 Å². The minimum absolute atomic E-state index is 0. The standard InChI is InChI=1S/C10H17NO.ClH/c1-3-10(9-12)5-7-11(4-2)8-6-10;/h1,12H,4-9H2,2H3;1H. The Morgan fingerprint density at radius 3 is 2.31 bits per heavy atom. The van der Waals surface area contributed by atoms with Gasteiger partial charge in [-0.25, -0.2) is 0 Å². The van der Waals surface area contributed by atoms with Gasteiger partial charge in [0.15, 0.2) is 0 Å². The van der Waals surface area contributed by atoms with Gasteiger partial charge in [-0.1, -0.05) is 5.92 Å². The molecule has 0 aromatic carbocycles. The average molecular weight is 204 g/mol. The van der Waals surface area contributed by atoms with Crippen LogP contribution in [0.1, 0.15) is 19.8 Å². The Kier molecular flexibility index (Phi) is 5.39. The molecular formula is C10H18ClNO. The van der Waals surface area contributed by atoms with Crippen molar-refractivity contribution in [3.63, 3.8) is 0 Å². The molecule has 1 heterocycles. The monoisotopic (exact) mass is 203 g/mol. The molecule has 0 radical (unpaired) electrons. The fourth-order valence-electron chi connectivity index (χ4n) is 1.78. The summed E-state index contributed by atoms with van der Waals surface area (Å²) in [5.74, 6) is 2.75. The molecule has 76 valence electrons. The number of likely N-dealkylation sites (tertiary alicyclic amines) is 1. The third-order valence-electron chi connectivity index (χ3n) is 3.02. The Morgan fingerprint density at radius 1 is 1.46 bits per heavy atom. The normalized spacial score (nSPS) is 33.2. The number of terminal acetylenes is 1. The van der Waals surface area contributed by atoms with Crippen LogP contribution in [0, 0.1) is 17.8 Å². The van der Waals surface area contributed by atoms with E-state index in [1.165, 1.54) is 6.54 Å². The van der Waals surface area contributed by atoms with Gasteiger partial charge in [-0.3, -0.25) is 0 Å². The van der Waals surface area contributed by atoms with Gasteiger partial charge in [0.05, 0.1) is 31.7 Å². The molecule has 1 saturated heterocycles. The molecule has 2 N–H and O–H groups in total. The van der Waals surface area contributed by atoms with E-state index in [0.717, 1.165) is 25.9 Å². The lowest BCUT2D eigenvalue weighted by molar-refractivity contribution is -0.905. The van der Waals surface area contributed by atoms with Crippen molar-refractivity contribution in [1.29, 1.82) is 0 Å². The van der Waals surface area contributed by atoms with Crippen LogP contribution in [0.4, 0.5) is 0 Å². The van der Waals surface area contributed by atoms with Gasteiger partial charge in [0, 0.05) is 12.8 Å². The first kappa shape index (κ1) is 12.8. The fraction of sp³-hybridized carbons (Fsp3) is 0.800. The summed E-state index contributed by atoms with van der Waals surface area (Å²) >= 11 is 0. The second-order valence-electron chi connectivity index (χ2n) is 3.69. The van der Waals surface area contributed by atoms with E-state index in [1.807, 2.05) is 0 Å². The highest BCUT2D eigenvalue weighted by molar-refractivity contribution is 5.06. The van der Waals surface area contributed by atoms with Gasteiger partial charge in [0.1, 0.15) is 0 Å². The highest BCUT2D eigenvalue weighted by Crippen LogP contribution is 2.25. The van der Waals surface area contributed by atoms with Crippen LogP contribution >= 0.6 is 0 Å². The maximum Gasteiger partial charge on any atom is 0.0786 e. The van der Waals surface area contributed by atoms with E-state index < -0.39 is 0 Å². The number of aliphatic hydroxyl groups is 1. The van der Waals surface area contributed by atoms with Gasteiger partial charge >= 0.3 is 0 Å². The van der Waals surface area contributed by atoms with E-state index >= 15 is 0 Å². The Morgan fingerprint density at radius 2 is 2.00 bits per heavy atom. The second kappa shape index (κ2) is 5.49. The van der Waals surface area contributed by atoms with Crippen molar-refractivity contribution >= 4 is 0 Å². The summed E-state index contributed by atoms with van der Waals surface area (Å²) in [5, 5.41) is 9.15. The number of quaternary nitrogens is 1. The van der Waals surface area contributed by atoms with Crippen LogP contribution in [-0.2, 0) is 0 Å². The topological polar surface area (TPSA) is 24.7 Å². The SMILES string of the molecule is C#CC1(CO)CC[NH+](CC)CC1.[Cl-]. The van der Waals surface area contributed by atoms with E-state index in [0.29, 0.717) is 0 Å². The number of rotatable bonds is 2. The molecule has 3 heteroatoms. The lowest BCUT2D eigenvalue weighted by Gasteiger charge is -2.34. The molecule has 0 saturated carbocycles. The van der Waals surface area contributed by atoms with Gasteiger partial charge in [0.25, 0.3) is 0 Å². The van der Waals surface area contributed by atoms with Crippen LogP contribution in [0.5, 0.6) is 0 Å². The molecule has 1 fully saturated rings. The Balaban J connectivity index is 0.00000144. The quantitative estimate of drug-likeness (QED) is 0.444. The molecule has 0 aromatic rings. The van der Waals surface area contributed by atoms with Crippen LogP contribution in [0.2, 0.25) is 0 Å². The summed E-state index contributed by atoms with van der Waals surface area (Å²) < 4.78 is 0. The van der Waals surface area contributed by atoms with Crippen molar-refractivity contribution in [2.75, 3.05) is 26.2 Å². The summed E-state index contributed by atoms with van der Waals surface area (Å²) in [6.45, 7) is 5.74.